The summed E-state index contributed by atoms with van der Waals surface area (Å²) >= 11 is 2.31. The van der Waals surface area contributed by atoms with Crippen LogP contribution in [0.5, 0.6) is 0 Å². The van der Waals surface area contributed by atoms with Crippen LogP contribution in [0.25, 0.3) is 0 Å². The largest absolute Gasteiger partial charge is 0.478 e. The predicted octanol–water partition coefficient (Wildman–Crippen LogP) is 6.99. The molecule has 1 atom stereocenters. The fourth-order valence-electron chi connectivity index (χ4n) is 3.76. The van der Waals surface area contributed by atoms with Crippen molar-refractivity contribution in [3.63, 3.8) is 0 Å². The number of hydrogen-bond donors (Lipinski definition) is 2. The number of allylic oxidation sites excluding steroid dienone is 1. The average molecular weight is 584 g/mol. The van der Waals surface area contributed by atoms with Gasteiger partial charge in [0.2, 0.25) is 0 Å². The van der Waals surface area contributed by atoms with E-state index in [9.17, 15) is 29.9 Å². The summed E-state index contributed by atoms with van der Waals surface area (Å²) in [5.74, 6) is -0.779. The molecule has 1 aliphatic rings. The van der Waals surface area contributed by atoms with E-state index in [1.165, 1.54) is 30.8 Å². The number of carboxylic acids is 1. The summed E-state index contributed by atoms with van der Waals surface area (Å²) in [5.41, 5.74) is 0.00429. The van der Waals surface area contributed by atoms with Gasteiger partial charge in [-0.25, -0.2) is 19.5 Å². The van der Waals surface area contributed by atoms with Crippen LogP contribution in [0.2, 0.25) is 18.1 Å². The lowest BCUT2D eigenvalue weighted by molar-refractivity contribution is -0.387. The first-order chi connectivity index (χ1) is 17.6. The fraction of sp³-hybridized carbons (Fsp3) is 0.560. The van der Waals surface area contributed by atoms with E-state index < -0.39 is 31.3 Å². The highest BCUT2D eigenvalue weighted by molar-refractivity contribution is 8.13. The molecule has 0 spiro atoms. The number of carbonyl (C=O) groups is 2. The second kappa shape index (κ2) is 13.1. The second-order valence-electron chi connectivity index (χ2n) is 10.4. The molecule has 1 unspecified atom stereocenters. The molecule has 1 heterocycles. The lowest BCUT2D eigenvalue weighted by atomic mass is 9.94. The molecule has 13 heteroatoms. The molecular formula is C25H37N3O7S2Si. The third kappa shape index (κ3) is 7.39. The van der Waals surface area contributed by atoms with Crippen molar-refractivity contribution in [2.75, 3.05) is 18.6 Å². The summed E-state index contributed by atoms with van der Waals surface area (Å²) in [6.07, 6.45) is 2.75. The van der Waals surface area contributed by atoms with Crippen LogP contribution in [0.4, 0.5) is 10.5 Å². The predicted molar refractivity (Wildman–Crippen MR) is 155 cm³/mol. The number of hydrogen-bond acceptors (Lipinski definition) is 8. The van der Waals surface area contributed by atoms with Crippen LogP contribution in [0.15, 0.2) is 39.4 Å². The number of carboxylic acid groups (broad SMARTS) is 2. The minimum absolute atomic E-state index is 0.106. The molecule has 0 fully saturated rings. The molecule has 0 aromatic heterocycles. The Hall–Kier alpha value is -2.35. The fourth-order valence-corrected chi connectivity index (χ4v) is 6.64. The maximum absolute atomic E-state index is 12.3. The summed E-state index contributed by atoms with van der Waals surface area (Å²) < 4.78 is 6.21. The van der Waals surface area contributed by atoms with Gasteiger partial charge in [0.1, 0.15) is 6.04 Å². The molecule has 1 aromatic carbocycles. The molecule has 0 aliphatic carbocycles. The van der Waals surface area contributed by atoms with Gasteiger partial charge >= 0.3 is 12.1 Å². The zero-order valence-electron chi connectivity index (χ0n) is 22.9. The van der Waals surface area contributed by atoms with Crippen molar-refractivity contribution in [1.29, 1.82) is 0 Å². The Bertz CT molecular complexity index is 1130. The highest BCUT2D eigenvalue weighted by Crippen LogP contribution is 2.44. The number of amidine groups is 1. The highest BCUT2D eigenvalue weighted by atomic mass is 32.2. The van der Waals surface area contributed by atoms with Crippen LogP contribution < -0.4 is 0 Å². The van der Waals surface area contributed by atoms with E-state index in [-0.39, 0.29) is 37.6 Å². The number of amides is 1. The zero-order chi connectivity index (χ0) is 28.8. The molecule has 2 N–H and O–H groups in total. The number of thioether (sulfide) groups is 2. The van der Waals surface area contributed by atoms with Gasteiger partial charge in [0.05, 0.1) is 21.1 Å². The van der Waals surface area contributed by atoms with E-state index in [4.69, 9.17) is 4.43 Å². The number of aliphatic carboxylic acids is 1. The van der Waals surface area contributed by atoms with Gasteiger partial charge in [-0.2, -0.15) is 0 Å². The molecule has 2 rings (SSSR count). The normalized spacial score (nSPS) is 16.4. The van der Waals surface area contributed by atoms with Gasteiger partial charge < -0.3 is 14.6 Å². The van der Waals surface area contributed by atoms with Crippen molar-refractivity contribution >= 4 is 54.8 Å². The molecule has 1 amide bonds. The van der Waals surface area contributed by atoms with E-state index in [0.717, 1.165) is 35.9 Å². The molecular weight excluding hydrogens is 547 g/mol. The second-order valence-corrected chi connectivity index (χ2v) is 17.1. The smallest absolute Gasteiger partial charge is 0.414 e. The van der Waals surface area contributed by atoms with Crippen LogP contribution >= 0.6 is 23.5 Å². The number of nitrogens with zero attached hydrogens (tertiary/aromatic N) is 3. The van der Waals surface area contributed by atoms with Gasteiger partial charge in [-0.3, -0.25) is 10.1 Å². The Morgan fingerprint density at radius 3 is 2.39 bits per heavy atom. The first-order valence-corrected chi connectivity index (χ1v) is 17.4. The van der Waals surface area contributed by atoms with Gasteiger partial charge in [-0.05, 0) is 49.9 Å². The van der Waals surface area contributed by atoms with Crippen molar-refractivity contribution in [2.24, 2.45) is 4.99 Å². The first-order valence-electron chi connectivity index (χ1n) is 12.3. The molecule has 1 aromatic rings. The molecule has 0 saturated carbocycles. The van der Waals surface area contributed by atoms with E-state index in [1.807, 2.05) is 0 Å². The minimum atomic E-state index is -1.82. The Morgan fingerprint density at radius 1 is 1.21 bits per heavy atom. The van der Waals surface area contributed by atoms with Crippen molar-refractivity contribution < 1.29 is 29.2 Å². The Labute approximate surface area is 233 Å². The van der Waals surface area contributed by atoms with E-state index in [0.29, 0.717) is 12.4 Å². The van der Waals surface area contributed by atoms with Crippen molar-refractivity contribution in [3.05, 3.63) is 45.1 Å². The molecule has 0 bridgehead atoms. The number of rotatable bonds is 11. The lowest BCUT2D eigenvalue weighted by Gasteiger charge is -2.36. The summed E-state index contributed by atoms with van der Waals surface area (Å²) in [6, 6.07) is 3.09. The molecule has 38 heavy (non-hydrogen) atoms. The van der Waals surface area contributed by atoms with Gasteiger partial charge in [0.25, 0.3) is 5.69 Å². The maximum atomic E-state index is 12.3. The minimum Gasteiger partial charge on any atom is -0.478 e. The summed E-state index contributed by atoms with van der Waals surface area (Å²) in [7, 11) is -1.82. The van der Waals surface area contributed by atoms with E-state index >= 15 is 0 Å². The van der Waals surface area contributed by atoms with Crippen molar-refractivity contribution in [1.82, 2.24) is 4.90 Å². The van der Waals surface area contributed by atoms with Crippen LogP contribution in [0.1, 0.15) is 58.6 Å². The monoisotopic (exact) mass is 583 g/mol. The van der Waals surface area contributed by atoms with Gasteiger partial charge in [-0.1, -0.05) is 51.1 Å². The standard InChI is InChI=1S/C25H37N3O7S2Si/c1-16-19(22(29)30)20(27(24(31)32)23(26-16)36-5)17-12-11-13-18(28(33)34)21(17)37-15-10-8-9-14-35-38(6,7)25(2,3)4/h11-13,20H,8-10,14-15H2,1-7H3,(H,29,30)(H,31,32). The number of nitro groups is 1. The molecule has 0 saturated heterocycles. The lowest BCUT2D eigenvalue weighted by Crippen LogP contribution is -2.42. The highest BCUT2D eigenvalue weighted by Gasteiger charge is 2.41. The topological polar surface area (TPSA) is 143 Å². The molecule has 1 aliphatic heterocycles. The Morgan fingerprint density at radius 2 is 1.87 bits per heavy atom. The number of nitro benzene ring substituents is 1. The molecule has 10 nitrogen and oxygen atoms in total. The number of unbranched alkanes of at least 4 members (excludes halogenated alkanes) is 2. The maximum Gasteiger partial charge on any atom is 0.414 e. The SMILES string of the molecule is CSC1=NC(C)=C(C(=O)O)C(c2cccc([N+](=O)[O-])c2SCCCCCO[Si](C)(C)C(C)(C)C)N1C(=O)O. The van der Waals surface area contributed by atoms with Crippen LogP contribution in [0.3, 0.4) is 0 Å². The third-order valence-corrected chi connectivity index (χ3v) is 13.2. The van der Waals surface area contributed by atoms with Crippen LogP contribution in [-0.2, 0) is 9.22 Å². The van der Waals surface area contributed by atoms with E-state index in [1.54, 1.807) is 12.3 Å². The van der Waals surface area contributed by atoms with Gasteiger partial charge in [0, 0.05) is 18.2 Å². The van der Waals surface area contributed by atoms with Crippen molar-refractivity contribution in [3.8, 4) is 0 Å². The van der Waals surface area contributed by atoms with Crippen molar-refractivity contribution in [2.45, 2.75) is 76.0 Å². The van der Waals surface area contributed by atoms with Gasteiger partial charge in [-0.15, -0.1) is 11.8 Å². The number of aliphatic imine (C=N–C) groups is 1. The van der Waals surface area contributed by atoms with Crippen LogP contribution in [0, 0.1) is 10.1 Å². The average Bonchev–Trinajstić information content (AvgIpc) is 2.81. The quantitative estimate of drug-likeness (QED) is 0.0926. The summed E-state index contributed by atoms with van der Waals surface area (Å²) in [6.45, 7) is 13.2. The summed E-state index contributed by atoms with van der Waals surface area (Å²) in [4.78, 5) is 41.2. The summed E-state index contributed by atoms with van der Waals surface area (Å²) in [5, 5.41) is 32.1. The van der Waals surface area contributed by atoms with Gasteiger partial charge in [0.15, 0.2) is 13.5 Å². The Kier molecular flexibility index (Phi) is 11.0. The Balaban J connectivity index is 2.30. The van der Waals surface area contributed by atoms with Crippen LogP contribution in [-0.4, -0.2) is 64.2 Å². The van der Waals surface area contributed by atoms with E-state index in [2.05, 4.69) is 38.9 Å². The number of benzene rings is 1. The molecule has 210 valence electrons. The zero-order valence-corrected chi connectivity index (χ0v) is 25.6. The third-order valence-electron chi connectivity index (χ3n) is 6.83. The first kappa shape index (κ1) is 31.9. The molecule has 0 radical (unpaired) electrons.